The number of benzene rings is 1. The van der Waals surface area contributed by atoms with E-state index < -0.39 is 5.97 Å². The van der Waals surface area contributed by atoms with Gasteiger partial charge >= 0.3 is 5.97 Å². The van der Waals surface area contributed by atoms with Gasteiger partial charge in [-0.3, -0.25) is 4.79 Å². The third-order valence-electron chi connectivity index (χ3n) is 7.43. The van der Waals surface area contributed by atoms with Crippen LogP contribution in [-0.2, 0) is 24.3 Å². The maximum absolute atomic E-state index is 11.6. The molecule has 5 heterocycles. The van der Waals surface area contributed by atoms with Gasteiger partial charge in [0.2, 0.25) is 5.88 Å². The number of carbonyl (C=O) groups is 2. The standard InChI is InChI=1S/C30H29ClN4O5S/c1-18(36)25-15-22(31)26(41-25)17-40-29-4-2-3-27(33-29)34-10-7-19(8-11-34)13-28-32-23-6-5-20(30(37)38)14-24(23)35(28)16-21-9-12-39-21/h2-7,14-15,21H,8-13,16-17H2,1H3,(H,37,38)/t21-/m0/s1. The highest BCUT2D eigenvalue weighted by atomic mass is 35.5. The smallest absolute Gasteiger partial charge is 0.335 e. The zero-order chi connectivity index (χ0) is 28.5. The summed E-state index contributed by atoms with van der Waals surface area (Å²) in [5, 5.41) is 10.0. The number of hydrogen-bond donors (Lipinski definition) is 1. The second-order valence-corrected chi connectivity index (χ2v) is 11.8. The summed E-state index contributed by atoms with van der Waals surface area (Å²) in [7, 11) is 0. The molecule has 6 rings (SSSR count). The predicted octanol–water partition coefficient (Wildman–Crippen LogP) is 5.79. The van der Waals surface area contributed by atoms with E-state index in [1.54, 1.807) is 24.3 Å². The highest BCUT2D eigenvalue weighted by molar-refractivity contribution is 7.14. The van der Waals surface area contributed by atoms with Gasteiger partial charge in [0.05, 0.1) is 44.0 Å². The van der Waals surface area contributed by atoms with Crippen molar-refractivity contribution < 1.29 is 24.2 Å². The molecule has 0 aliphatic carbocycles. The Morgan fingerprint density at radius 3 is 2.76 bits per heavy atom. The minimum atomic E-state index is -0.948. The average Bonchev–Trinajstić information content (AvgIpc) is 3.49. The molecule has 0 bridgehead atoms. The third kappa shape index (κ3) is 6.00. The Balaban J connectivity index is 1.14. The van der Waals surface area contributed by atoms with Crippen LogP contribution in [0.15, 0.2) is 54.1 Å². The van der Waals surface area contributed by atoms with Crippen LogP contribution in [0.3, 0.4) is 0 Å². The number of ketones is 1. The van der Waals surface area contributed by atoms with E-state index in [1.165, 1.54) is 23.8 Å². The van der Waals surface area contributed by atoms with Crippen LogP contribution in [0.5, 0.6) is 5.88 Å². The molecule has 9 nitrogen and oxygen atoms in total. The zero-order valence-corrected chi connectivity index (χ0v) is 24.1. The van der Waals surface area contributed by atoms with Crippen LogP contribution >= 0.6 is 22.9 Å². The van der Waals surface area contributed by atoms with E-state index in [2.05, 4.69) is 15.5 Å². The summed E-state index contributed by atoms with van der Waals surface area (Å²) in [5.41, 5.74) is 3.16. The first-order valence-electron chi connectivity index (χ1n) is 13.5. The molecule has 212 valence electrons. The molecule has 4 aromatic rings. The van der Waals surface area contributed by atoms with Crippen molar-refractivity contribution >= 4 is 51.5 Å². The Morgan fingerprint density at radius 1 is 1.22 bits per heavy atom. The number of aromatic carboxylic acids is 1. The molecule has 2 aliphatic heterocycles. The van der Waals surface area contributed by atoms with E-state index >= 15 is 0 Å². The molecular formula is C30H29ClN4O5S. The first-order chi connectivity index (χ1) is 19.8. The summed E-state index contributed by atoms with van der Waals surface area (Å²) in [5.74, 6) is 1.29. The van der Waals surface area contributed by atoms with Gasteiger partial charge in [0.1, 0.15) is 18.2 Å². The molecule has 1 N–H and O–H groups in total. The number of anilines is 1. The molecule has 0 unspecified atom stereocenters. The van der Waals surface area contributed by atoms with Crippen molar-refractivity contribution in [3.8, 4) is 5.88 Å². The van der Waals surface area contributed by atoms with Crippen LogP contribution in [-0.4, -0.2) is 57.2 Å². The zero-order valence-electron chi connectivity index (χ0n) is 22.5. The van der Waals surface area contributed by atoms with Gasteiger partial charge in [0, 0.05) is 32.2 Å². The van der Waals surface area contributed by atoms with Gasteiger partial charge in [0.15, 0.2) is 5.78 Å². The van der Waals surface area contributed by atoms with Gasteiger partial charge < -0.3 is 24.0 Å². The fourth-order valence-electron chi connectivity index (χ4n) is 5.04. The summed E-state index contributed by atoms with van der Waals surface area (Å²) in [6.07, 6.45) is 4.89. The third-order valence-corrected chi connectivity index (χ3v) is 9.09. The number of carbonyl (C=O) groups excluding carboxylic acids is 1. The molecule has 1 atom stereocenters. The number of carboxylic acids is 1. The molecule has 3 aromatic heterocycles. The lowest BCUT2D eigenvalue weighted by Crippen LogP contribution is -2.32. The Kier molecular flexibility index (Phi) is 7.79. The van der Waals surface area contributed by atoms with Gasteiger partial charge in [-0.15, -0.1) is 11.3 Å². The number of rotatable bonds is 10. The molecule has 1 aromatic carbocycles. The number of pyridine rings is 1. The minimum Gasteiger partial charge on any atom is -0.478 e. The van der Waals surface area contributed by atoms with Crippen molar-refractivity contribution in [1.29, 1.82) is 0 Å². The first kappa shape index (κ1) is 27.4. The summed E-state index contributed by atoms with van der Waals surface area (Å²) in [4.78, 5) is 36.4. The number of imidazole rings is 1. The van der Waals surface area contributed by atoms with E-state index in [4.69, 9.17) is 31.0 Å². The molecule has 41 heavy (non-hydrogen) atoms. The number of aromatic nitrogens is 3. The second kappa shape index (κ2) is 11.6. The van der Waals surface area contributed by atoms with Crippen LogP contribution in [0.4, 0.5) is 5.82 Å². The number of carboxylic acid groups (broad SMARTS) is 1. The molecule has 2 aliphatic rings. The first-order valence-corrected chi connectivity index (χ1v) is 14.7. The molecule has 1 fully saturated rings. The SMILES string of the molecule is CC(=O)c1cc(Cl)c(COc2cccc(N3CC=C(Cc4nc5ccc(C(=O)O)cc5n4C[C@@H]4CCO4)CC3)n2)s1. The summed E-state index contributed by atoms with van der Waals surface area (Å²) in [6, 6.07) is 12.5. The topological polar surface area (TPSA) is 107 Å². The molecule has 0 spiro atoms. The normalized spacial score (nSPS) is 16.9. The van der Waals surface area contributed by atoms with E-state index in [-0.39, 0.29) is 24.1 Å². The lowest BCUT2D eigenvalue weighted by atomic mass is 10.0. The van der Waals surface area contributed by atoms with Crippen molar-refractivity contribution in [2.45, 2.75) is 45.4 Å². The number of Topliss-reactive ketones (excluding diaryl/α,β-unsaturated/α-hetero) is 1. The van der Waals surface area contributed by atoms with Gasteiger partial charge in [0.25, 0.3) is 0 Å². The quantitative estimate of drug-likeness (QED) is 0.182. The second-order valence-electron chi connectivity index (χ2n) is 10.2. The molecular weight excluding hydrogens is 564 g/mol. The van der Waals surface area contributed by atoms with Gasteiger partial charge in [-0.2, -0.15) is 4.98 Å². The predicted molar refractivity (Wildman–Crippen MR) is 158 cm³/mol. The molecule has 0 amide bonds. The Bertz CT molecular complexity index is 1660. The molecule has 0 saturated carbocycles. The van der Waals surface area contributed by atoms with Crippen LogP contribution < -0.4 is 9.64 Å². The number of nitrogens with zero attached hydrogens (tertiary/aromatic N) is 4. The van der Waals surface area contributed by atoms with E-state index in [0.29, 0.717) is 35.3 Å². The summed E-state index contributed by atoms with van der Waals surface area (Å²) < 4.78 is 13.7. The maximum Gasteiger partial charge on any atom is 0.335 e. The molecule has 11 heteroatoms. The average molecular weight is 593 g/mol. The molecule has 1 saturated heterocycles. The lowest BCUT2D eigenvalue weighted by Gasteiger charge is -2.29. The van der Waals surface area contributed by atoms with Crippen LogP contribution in [0.2, 0.25) is 5.02 Å². The number of halogens is 1. The molecule has 0 radical (unpaired) electrons. The Hall–Kier alpha value is -3.73. The largest absolute Gasteiger partial charge is 0.478 e. The fourth-order valence-corrected chi connectivity index (χ4v) is 6.24. The minimum absolute atomic E-state index is 0.0160. The highest BCUT2D eigenvalue weighted by Gasteiger charge is 2.24. The fraction of sp³-hybridized carbons (Fsp3) is 0.333. The van der Waals surface area contributed by atoms with Crippen LogP contribution in [0.1, 0.15) is 50.5 Å². The van der Waals surface area contributed by atoms with Crippen LogP contribution in [0, 0.1) is 0 Å². The van der Waals surface area contributed by atoms with Crippen molar-refractivity contribution in [2.24, 2.45) is 0 Å². The number of fused-ring (bicyclic) bond motifs is 1. The van der Waals surface area contributed by atoms with Crippen molar-refractivity contribution in [1.82, 2.24) is 14.5 Å². The summed E-state index contributed by atoms with van der Waals surface area (Å²) in [6.45, 7) is 4.70. The van der Waals surface area contributed by atoms with Gasteiger partial charge in [-0.05, 0) is 50.1 Å². The highest BCUT2D eigenvalue weighted by Crippen LogP contribution is 2.30. The van der Waals surface area contributed by atoms with Crippen molar-refractivity contribution in [3.05, 3.63) is 80.3 Å². The van der Waals surface area contributed by atoms with E-state index in [1.807, 2.05) is 18.2 Å². The summed E-state index contributed by atoms with van der Waals surface area (Å²) >= 11 is 7.61. The van der Waals surface area contributed by atoms with Gasteiger partial charge in [-0.25, -0.2) is 9.78 Å². The Labute approximate surface area is 246 Å². The Morgan fingerprint density at radius 2 is 2.07 bits per heavy atom. The number of ether oxygens (including phenoxy) is 2. The van der Waals surface area contributed by atoms with Crippen molar-refractivity contribution in [3.63, 3.8) is 0 Å². The maximum atomic E-state index is 11.6. The van der Waals surface area contributed by atoms with Crippen LogP contribution in [0.25, 0.3) is 11.0 Å². The van der Waals surface area contributed by atoms with E-state index in [9.17, 15) is 14.7 Å². The monoisotopic (exact) mass is 592 g/mol. The van der Waals surface area contributed by atoms with Crippen molar-refractivity contribution in [2.75, 3.05) is 24.6 Å². The van der Waals surface area contributed by atoms with E-state index in [0.717, 1.165) is 53.5 Å². The number of thiophene rings is 1. The lowest BCUT2D eigenvalue weighted by molar-refractivity contribution is -0.0589. The van der Waals surface area contributed by atoms with Gasteiger partial charge in [-0.1, -0.05) is 29.3 Å². The number of hydrogen-bond acceptors (Lipinski definition) is 8.